The van der Waals surface area contributed by atoms with Crippen LogP contribution < -0.4 is 11.1 Å². The van der Waals surface area contributed by atoms with E-state index in [1.165, 1.54) is 23.3 Å². The van der Waals surface area contributed by atoms with E-state index < -0.39 is 29.9 Å². The number of rotatable bonds is 4. The highest BCUT2D eigenvalue weighted by Crippen LogP contribution is 2.41. The van der Waals surface area contributed by atoms with Crippen molar-refractivity contribution in [2.45, 2.75) is 19.6 Å². The van der Waals surface area contributed by atoms with E-state index >= 15 is 0 Å². The number of nitrogens with one attached hydrogen (secondary N) is 1. The minimum Gasteiger partial charge on any atom is -0.398 e. The van der Waals surface area contributed by atoms with Gasteiger partial charge in [-0.3, -0.25) is 9.78 Å². The fourth-order valence-corrected chi connectivity index (χ4v) is 2.92. The van der Waals surface area contributed by atoms with E-state index in [1.807, 2.05) is 0 Å². The second-order valence-corrected chi connectivity index (χ2v) is 6.20. The van der Waals surface area contributed by atoms with Gasteiger partial charge in [-0.05, 0) is 19.1 Å². The minimum atomic E-state index is -4.76. The number of benzene rings is 1. The summed E-state index contributed by atoms with van der Waals surface area (Å²) in [6.45, 7) is 1.21. The fraction of sp³-hybridized carbons (Fsp3) is 0.176. The lowest BCUT2D eigenvalue weighted by Gasteiger charge is -2.20. The van der Waals surface area contributed by atoms with E-state index in [9.17, 15) is 18.0 Å². The Morgan fingerprint density at radius 2 is 2.11 bits per heavy atom. The van der Waals surface area contributed by atoms with Crippen LogP contribution in [0.3, 0.4) is 0 Å². The number of aryl methyl sites for hydroxylation is 1. The van der Waals surface area contributed by atoms with Crippen molar-refractivity contribution < 1.29 is 18.0 Å². The summed E-state index contributed by atoms with van der Waals surface area (Å²) in [5.41, 5.74) is 4.46. The molecule has 1 aromatic carbocycles. The smallest absolute Gasteiger partial charge is 0.398 e. The van der Waals surface area contributed by atoms with Crippen molar-refractivity contribution in [3.8, 4) is 5.69 Å². The fourth-order valence-electron chi connectivity index (χ4n) is 2.61. The molecule has 3 aromatic rings. The summed E-state index contributed by atoms with van der Waals surface area (Å²) in [6, 6.07) is 2.77. The van der Waals surface area contributed by atoms with Gasteiger partial charge in [0, 0.05) is 36.4 Å². The van der Waals surface area contributed by atoms with E-state index in [2.05, 4.69) is 20.4 Å². The average Bonchev–Trinajstić information content (AvgIpc) is 3.07. The maximum Gasteiger partial charge on any atom is 0.418 e. The summed E-state index contributed by atoms with van der Waals surface area (Å²) in [5, 5.41) is 6.30. The number of hydrogen-bond acceptors (Lipinski definition) is 5. The number of hydrogen-bond donors (Lipinski definition) is 2. The highest BCUT2D eigenvalue weighted by atomic mass is 35.5. The maximum absolute atomic E-state index is 13.6. The Kier molecular flexibility index (Phi) is 5.23. The molecule has 0 bridgehead atoms. The molecule has 0 atom stereocenters. The summed E-state index contributed by atoms with van der Waals surface area (Å²) in [6.07, 6.45) is 0.635. The Morgan fingerprint density at radius 3 is 2.68 bits per heavy atom. The second kappa shape index (κ2) is 7.47. The number of aromatic nitrogens is 4. The summed E-state index contributed by atoms with van der Waals surface area (Å²) >= 11 is 6.27. The summed E-state index contributed by atoms with van der Waals surface area (Å²) in [7, 11) is 0. The molecular weight excluding hydrogens is 397 g/mol. The number of nitrogen functional groups attached to an aromatic ring is 1. The van der Waals surface area contributed by atoms with Crippen molar-refractivity contribution >= 4 is 23.2 Å². The van der Waals surface area contributed by atoms with Crippen molar-refractivity contribution in [3.63, 3.8) is 0 Å². The summed E-state index contributed by atoms with van der Waals surface area (Å²) < 4.78 is 42.1. The van der Waals surface area contributed by atoms with Gasteiger partial charge in [-0.25, -0.2) is 9.67 Å². The molecule has 0 aliphatic heterocycles. The number of amides is 1. The quantitative estimate of drug-likeness (QED) is 0.644. The highest BCUT2D eigenvalue weighted by Gasteiger charge is 2.38. The topological polar surface area (TPSA) is 98.7 Å². The van der Waals surface area contributed by atoms with Gasteiger partial charge >= 0.3 is 6.18 Å². The first-order chi connectivity index (χ1) is 13.2. The number of carbonyl (C=O) groups is 1. The van der Waals surface area contributed by atoms with Crippen molar-refractivity contribution in [1.29, 1.82) is 0 Å². The number of nitrogens with two attached hydrogens (primary N) is 1. The zero-order valence-corrected chi connectivity index (χ0v) is 15.2. The Balaban J connectivity index is 2.04. The molecule has 28 heavy (non-hydrogen) atoms. The van der Waals surface area contributed by atoms with Crippen LogP contribution in [0.25, 0.3) is 5.69 Å². The molecule has 0 unspecified atom stereocenters. The van der Waals surface area contributed by atoms with Gasteiger partial charge in [0.25, 0.3) is 5.91 Å². The number of carbonyl (C=O) groups excluding carboxylic acids is 1. The first kappa shape index (κ1) is 19.6. The van der Waals surface area contributed by atoms with Gasteiger partial charge in [-0.15, -0.1) is 0 Å². The molecule has 0 radical (unpaired) electrons. The Morgan fingerprint density at radius 1 is 1.36 bits per heavy atom. The van der Waals surface area contributed by atoms with Crippen LogP contribution in [0, 0.1) is 6.92 Å². The first-order valence-electron chi connectivity index (χ1n) is 7.93. The van der Waals surface area contributed by atoms with Crippen LogP contribution in [0.5, 0.6) is 0 Å². The Bertz CT molecular complexity index is 1020. The van der Waals surface area contributed by atoms with Crippen LogP contribution in [0.1, 0.15) is 27.3 Å². The molecule has 0 aliphatic rings. The van der Waals surface area contributed by atoms with Crippen molar-refractivity contribution in [2.75, 3.05) is 5.73 Å². The lowest BCUT2D eigenvalue weighted by molar-refractivity contribution is -0.137. The molecule has 0 fully saturated rings. The summed E-state index contributed by atoms with van der Waals surface area (Å²) in [4.78, 5) is 19.7. The summed E-state index contributed by atoms with van der Waals surface area (Å²) in [5.74, 6) is -0.698. The molecule has 3 N–H and O–H groups in total. The van der Waals surface area contributed by atoms with Crippen molar-refractivity contribution in [3.05, 3.63) is 64.5 Å². The van der Waals surface area contributed by atoms with Crippen LogP contribution in [0.4, 0.5) is 18.9 Å². The first-order valence-corrected chi connectivity index (χ1v) is 8.31. The Hall–Kier alpha value is -3.14. The van der Waals surface area contributed by atoms with Crippen molar-refractivity contribution in [1.82, 2.24) is 25.1 Å². The molecule has 0 spiro atoms. The zero-order valence-electron chi connectivity index (χ0n) is 14.5. The SMILES string of the molecule is Cc1ccn(-c2cc(N)c(C(F)(F)F)c(CNC(=O)c3cnccn3)c2Cl)n1. The number of halogens is 4. The van der Waals surface area contributed by atoms with Gasteiger partial charge in [0.05, 0.1) is 28.2 Å². The van der Waals surface area contributed by atoms with Crippen LogP contribution in [0.15, 0.2) is 36.9 Å². The van der Waals surface area contributed by atoms with Crippen molar-refractivity contribution in [2.24, 2.45) is 0 Å². The van der Waals surface area contributed by atoms with Gasteiger partial charge in [0.2, 0.25) is 0 Å². The average molecular weight is 411 g/mol. The zero-order chi connectivity index (χ0) is 20.5. The van der Waals surface area contributed by atoms with E-state index in [-0.39, 0.29) is 22.0 Å². The van der Waals surface area contributed by atoms with Crippen LogP contribution >= 0.6 is 11.6 Å². The van der Waals surface area contributed by atoms with E-state index in [0.717, 1.165) is 6.07 Å². The molecule has 2 aromatic heterocycles. The third-order valence-corrected chi connectivity index (χ3v) is 4.27. The molecule has 7 nitrogen and oxygen atoms in total. The Labute approximate surface area is 162 Å². The molecule has 0 saturated heterocycles. The van der Waals surface area contributed by atoms with Gasteiger partial charge in [-0.2, -0.15) is 18.3 Å². The number of alkyl halides is 3. The van der Waals surface area contributed by atoms with Crippen LogP contribution in [0.2, 0.25) is 5.02 Å². The van der Waals surface area contributed by atoms with Gasteiger partial charge in [0.15, 0.2) is 0 Å². The molecule has 146 valence electrons. The van der Waals surface area contributed by atoms with E-state index in [1.54, 1.807) is 19.2 Å². The molecule has 1 amide bonds. The van der Waals surface area contributed by atoms with Gasteiger partial charge in [0.1, 0.15) is 5.69 Å². The maximum atomic E-state index is 13.6. The number of nitrogens with zero attached hydrogens (tertiary/aromatic N) is 4. The molecule has 11 heteroatoms. The largest absolute Gasteiger partial charge is 0.418 e. The van der Waals surface area contributed by atoms with Gasteiger partial charge < -0.3 is 11.1 Å². The van der Waals surface area contributed by atoms with Crippen LogP contribution in [-0.4, -0.2) is 25.7 Å². The minimum absolute atomic E-state index is 0.0426. The van der Waals surface area contributed by atoms with Crippen LogP contribution in [-0.2, 0) is 12.7 Å². The third-order valence-electron chi connectivity index (χ3n) is 3.85. The molecular formula is C17H14ClF3N6O. The molecule has 2 heterocycles. The predicted molar refractivity (Wildman–Crippen MR) is 95.9 cm³/mol. The number of anilines is 1. The lowest BCUT2D eigenvalue weighted by atomic mass is 10.0. The normalized spacial score (nSPS) is 11.5. The van der Waals surface area contributed by atoms with E-state index in [4.69, 9.17) is 17.3 Å². The van der Waals surface area contributed by atoms with Gasteiger partial charge in [-0.1, -0.05) is 11.6 Å². The molecule has 0 saturated carbocycles. The predicted octanol–water partition coefficient (Wildman–Crippen LogP) is 3.16. The molecule has 0 aliphatic carbocycles. The van der Waals surface area contributed by atoms with E-state index in [0.29, 0.717) is 5.69 Å². The monoisotopic (exact) mass is 410 g/mol. The standard InChI is InChI=1S/C17H14ClF3N6O/c1-9-2-5-27(26-9)13-6-11(22)14(17(19,20)21)10(15(13)18)7-25-16(28)12-8-23-3-4-24-12/h2-6,8H,7,22H2,1H3,(H,25,28). The highest BCUT2D eigenvalue weighted by molar-refractivity contribution is 6.33. The lowest BCUT2D eigenvalue weighted by Crippen LogP contribution is -2.26. The molecule has 3 rings (SSSR count). The second-order valence-electron chi connectivity index (χ2n) is 5.83. The third kappa shape index (κ3) is 3.91.